The van der Waals surface area contributed by atoms with Crippen molar-refractivity contribution in [1.29, 1.82) is 0 Å². The van der Waals surface area contributed by atoms with Crippen molar-refractivity contribution in [3.63, 3.8) is 0 Å². The molecular formula is C18H19NO3S. The fourth-order valence-electron chi connectivity index (χ4n) is 2.36. The van der Waals surface area contributed by atoms with E-state index in [1.807, 2.05) is 37.3 Å². The molecule has 0 aliphatic carbocycles. The fraction of sp³-hybridized carbons (Fsp3) is 0.278. The Labute approximate surface area is 136 Å². The molecule has 120 valence electrons. The van der Waals surface area contributed by atoms with E-state index in [1.54, 1.807) is 24.3 Å². The second-order valence-corrected chi connectivity index (χ2v) is 7.52. The summed E-state index contributed by atoms with van der Waals surface area (Å²) in [6.07, 6.45) is 3.07. The van der Waals surface area contributed by atoms with Gasteiger partial charge in [-0.15, -0.1) is 0 Å². The van der Waals surface area contributed by atoms with Crippen molar-refractivity contribution in [3.05, 3.63) is 65.7 Å². The number of nitrogens with zero attached hydrogens (tertiary/aromatic N) is 1. The Hall–Kier alpha value is -2.23. The third-order valence-corrected chi connectivity index (χ3v) is 5.65. The summed E-state index contributed by atoms with van der Waals surface area (Å²) in [6, 6.07) is 16.4. The summed E-state index contributed by atoms with van der Waals surface area (Å²) in [6.45, 7) is 1.89. The molecule has 0 saturated carbocycles. The third-order valence-electron chi connectivity index (χ3n) is 3.66. The van der Waals surface area contributed by atoms with Crippen LogP contribution in [0, 0.1) is 6.92 Å². The Bertz CT molecular complexity index is 777. The second kappa shape index (κ2) is 7.86. The van der Waals surface area contributed by atoms with Crippen LogP contribution in [0.4, 0.5) is 0 Å². The molecule has 0 fully saturated rings. The number of carbonyl (C=O) groups excluding carboxylic acids is 1. The Morgan fingerprint density at radius 2 is 1.70 bits per heavy atom. The van der Waals surface area contributed by atoms with Gasteiger partial charge in [-0.25, -0.2) is 13.2 Å². The first-order valence-corrected chi connectivity index (χ1v) is 9.00. The van der Waals surface area contributed by atoms with Crippen molar-refractivity contribution in [1.82, 2.24) is 0 Å². The minimum Gasteiger partial charge on any atom is -0.221 e. The summed E-state index contributed by atoms with van der Waals surface area (Å²) in [5, 5.41) is -1.08. The highest BCUT2D eigenvalue weighted by Crippen LogP contribution is 2.21. The van der Waals surface area contributed by atoms with Gasteiger partial charge in [0.15, 0.2) is 5.37 Å². The monoisotopic (exact) mass is 329 g/mol. The Kier molecular flexibility index (Phi) is 5.85. The minimum atomic E-state index is -3.66. The molecule has 1 atom stereocenters. The largest absolute Gasteiger partial charge is 0.236 e. The van der Waals surface area contributed by atoms with E-state index in [-0.39, 0.29) is 4.90 Å². The van der Waals surface area contributed by atoms with Gasteiger partial charge in [0.25, 0.3) is 0 Å². The molecule has 0 radical (unpaired) electrons. The lowest BCUT2D eigenvalue weighted by atomic mass is 10.1. The van der Waals surface area contributed by atoms with Gasteiger partial charge < -0.3 is 0 Å². The van der Waals surface area contributed by atoms with Crippen LogP contribution in [0.25, 0.3) is 0 Å². The van der Waals surface area contributed by atoms with Crippen molar-refractivity contribution in [2.75, 3.05) is 0 Å². The molecule has 0 heterocycles. The molecular weight excluding hydrogens is 310 g/mol. The first kappa shape index (κ1) is 17.1. The molecule has 0 aliphatic heterocycles. The summed E-state index contributed by atoms with van der Waals surface area (Å²) >= 11 is 0. The maximum absolute atomic E-state index is 12.6. The number of benzene rings is 2. The van der Waals surface area contributed by atoms with E-state index in [2.05, 4.69) is 4.99 Å². The van der Waals surface area contributed by atoms with Gasteiger partial charge in [0.2, 0.25) is 15.9 Å². The normalized spacial score (nSPS) is 12.4. The van der Waals surface area contributed by atoms with E-state index in [9.17, 15) is 13.2 Å². The maximum atomic E-state index is 12.6. The molecule has 5 heteroatoms. The van der Waals surface area contributed by atoms with Crippen LogP contribution < -0.4 is 0 Å². The zero-order chi connectivity index (χ0) is 16.7. The lowest BCUT2D eigenvalue weighted by Crippen LogP contribution is -2.19. The van der Waals surface area contributed by atoms with Gasteiger partial charge in [0.05, 0.1) is 4.90 Å². The van der Waals surface area contributed by atoms with E-state index in [0.717, 1.165) is 17.5 Å². The Balaban J connectivity index is 2.11. The fourth-order valence-corrected chi connectivity index (χ4v) is 3.85. The summed E-state index contributed by atoms with van der Waals surface area (Å²) in [4.78, 5) is 14.3. The van der Waals surface area contributed by atoms with Gasteiger partial charge in [-0.05, 0) is 43.9 Å². The standard InChI is InChI=1S/C18H19NO3S/c1-15-10-12-17(13-11-15)23(21,22)18(19-14-20)9-5-8-16-6-3-2-4-7-16/h2-4,6-7,10-13,18H,5,8-9H2,1H3. The number of hydrogen-bond acceptors (Lipinski definition) is 4. The van der Waals surface area contributed by atoms with Crippen LogP contribution >= 0.6 is 0 Å². The average molecular weight is 329 g/mol. The van der Waals surface area contributed by atoms with Gasteiger partial charge in [-0.1, -0.05) is 48.0 Å². The molecule has 2 aromatic rings. The minimum absolute atomic E-state index is 0.187. The zero-order valence-corrected chi connectivity index (χ0v) is 13.8. The van der Waals surface area contributed by atoms with E-state index in [1.165, 1.54) is 6.08 Å². The molecule has 4 nitrogen and oxygen atoms in total. The van der Waals surface area contributed by atoms with Crippen molar-refractivity contribution < 1.29 is 13.2 Å². The average Bonchev–Trinajstić information content (AvgIpc) is 2.55. The van der Waals surface area contributed by atoms with Crippen molar-refractivity contribution in [2.24, 2.45) is 4.99 Å². The maximum Gasteiger partial charge on any atom is 0.236 e. The molecule has 2 aromatic carbocycles. The predicted molar refractivity (Wildman–Crippen MR) is 89.7 cm³/mol. The summed E-state index contributed by atoms with van der Waals surface area (Å²) in [7, 11) is -3.66. The molecule has 0 spiro atoms. The molecule has 2 rings (SSSR count). The van der Waals surface area contributed by atoms with Crippen LogP contribution in [0.15, 0.2) is 64.5 Å². The molecule has 0 amide bonds. The zero-order valence-electron chi connectivity index (χ0n) is 13.0. The molecule has 0 bridgehead atoms. The molecule has 1 unspecified atom stereocenters. The number of hydrogen-bond donors (Lipinski definition) is 0. The number of aliphatic imine (C=N–C) groups is 1. The number of aryl methyl sites for hydroxylation is 2. The van der Waals surface area contributed by atoms with Crippen LogP contribution in [-0.2, 0) is 21.1 Å². The van der Waals surface area contributed by atoms with Crippen LogP contribution in [0.3, 0.4) is 0 Å². The number of sulfone groups is 1. The van der Waals surface area contributed by atoms with Gasteiger partial charge in [0.1, 0.15) is 0 Å². The lowest BCUT2D eigenvalue weighted by molar-refractivity contribution is 0.549. The molecule has 0 aromatic heterocycles. The molecule has 0 saturated heterocycles. The first-order valence-electron chi connectivity index (χ1n) is 7.45. The summed E-state index contributed by atoms with van der Waals surface area (Å²) in [5.41, 5.74) is 2.11. The first-order chi connectivity index (χ1) is 11.0. The van der Waals surface area contributed by atoms with E-state index < -0.39 is 15.2 Å². The number of isocyanates is 1. The summed E-state index contributed by atoms with van der Waals surface area (Å²) in [5.74, 6) is 0. The van der Waals surface area contributed by atoms with Crippen LogP contribution in [0.5, 0.6) is 0 Å². The van der Waals surface area contributed by atoms with Gasteiger partial charge in [0, 0.05) is 0 Å². The van der Waals surface area contributed by atoms with Crippen LogP contribution in [-0.4, -0.2) is 19.9 Å². The van der Waals surface area contributed by atoms with Gasteiger partial charge in [-0.3, -0.25) is 0 Å². The van der Waals surface area contributed by atoms with Crippen molar-refractivity contribution in [3.8, 4) is 0 Å². The SMILES string of the molecule is Cc1ccc(S(=O)(=O)C(CCCc2ccccc2)N=C=O)cc1. The van der Waals surface area contributed by atoms with E-state index in [4.69, 9.17) is 0 Å². The third kappa shape index (κ3) is 4.62. The van der Waals surface area contributed by atoms with Crippen LogP contribution in [0.2, 0.25) is 0 Å². The highest BCUT2D eigenvalue weighted by molar-refractivity contribution is 7.92. The lowest BCUT2D eigenvalue weighted by Gasteiger charge is -2.12. The topological polar surface area (TPSA) is 63.6 Å². The summed E-state index contributed by atoms with van der Waals surface area (Å²) < 4.78 is 25.2. The predicted octanol–water partition coefficient (Wildman–Crippen LogP) is 3.45. The highest BCUT2D eigenvalue weighted by atomic mass is 32.2. The Morgan fingerprint density at radius 3 is 2.30 bits per heavy atom. The molecule has 0 aliphatic rings. The van der Waals surface area contributed by atoms with E-state index >= 15 is 0 Å². The quantitative estimate of drug-likeness (QED) is 0.577. The van der Waals surface area contributed by atoms with Crippen LogP contribution in [0.1, 0.15) is 24.0 Å². The van der Waals surface area contributed by atoms with E-state index in [0.29, 0.717) is 12.8 Å². The van der Waals surface area contributed by atoms with Gasteiger partial charge in [-0.2, -0.15) is 4.99 Å². The van der Waals surface area contributed by atoms with Crippen molar-refractivity contribution in [2.45, 2.75) is 36.5 Å². The smallest absolute Gasteiger partial charge is 0.221 e. The van der Waals surface area contributed by atoms with Gasteiger partial charge >= 0.3 is 0 Å². The second-order valence-electron chi connectivity index (χ2n) is 5.41. The molecule has 0 N–H and O–H groups in total. The Morgan fingerprint density at radius 1 is 1.04 bits per heavy atom. The number of rotatable bonds is 7. The highest BCUT2D eigenvalue weighted by Gasteiger charge is 2.26. The molecule has 23 heavy (non-hydrogen) atoms. The van der Waals surface area contributed by atoms with Crippen molar-refractivity contribution >= 4 is 15.9 Å².